The number of carbonyl (C=O) groups is 1. The first-order valence-corrected chi connectivity index (χ1v) is 4.92. The zero-order chi connectivity index (χ0) is 11.4. The van der Waals surface area contributed by atoms with Gasteiger partial charge in [-0.15, -0.1) is 0 Å². The smallest absolute Gasteiger partial charge is 0.342 e. The van der Waals surface area contributed by atoms with Crippen molar-refractivity contribution in [2.24, 2.45) is 0 Å². The monoisotopic (exact) mass is 210 g/mol. The van der Waals surface area contributed by atoms with E-state index in [2.05, 4.69) is 9.97 Å². The van der Waals surface area contributed by atoms with E-state index < -0.39 is 11.5 Å². The minimum absolute atomic E-state index is 0.181. The summed E-state index contributed by atoms with van der Waals surface area (Å²) in [5, 5.41) is 8.65. The van der Waals surface area contributed by atoms with Gasteiger partial charge in [0.2, 0.25) is 0 Å². The second-order valence-corrected chi connectivity index (χ2v) is 3.33. The predicted octanol–water partition coefficient (Wildman–Crippen LogP) is 1.37. The fourth-order valence-corrected chi connectivity index (χ4v) is 1.44. The molecular formula is C10H14N2O3. The third-order valence-electron chi connectivity index (χ3n) is 2.42. The lowest BCUT2D eigenvalue weighted by atomic mass is 10.0. The van der Waals surface area contributed by atoms with Crippen LogP contribution in [-0.4, -0.2) is 21.0 Å². The molecule has 0 saturated heterocycles. The summed E-state index contributed by atoms with van der Waals surface area (Å²) in [6.45, 7) is 4.00. The van der Waals surface area contributed by atoms with Crippen LogP contribution in [0.15, 0.2) is 11.0 Å². The van der Waals surface area contributed by atoms with Crippen LogP contribution in [0, 0.1) is 0 Å². The molecule has 0 amide bonds. The highest BCUT2D eigenvalue weighted by atomic mass is 16.4. The molecule has 15 heavy (non-hydrogen) atoms. The number of nitrogens with one attached hydrogen (secondary N) is 1. The minimum Gasteiger partial charge on any atom is -0.477 e. The van der Waals surface area contributed by atoms with E-state index >= 15 is 0 Å². The molecule has 0 radical (unpaired) electrons. The summed E-state index contributed by atoms with van der Waals surface area (Å²) in [6.07, 6.45) is 2.85. The number of carboxylic acid groups (broad SMARTS) is 1. The Balaban J connectivity index is 3.11. The van der Waals surface area contributed by atoms with Gasteiger partial charge in [-0.2, -0.15) is 0 Å². The largest absolute Gasteiger partial charge is 0.477 e. The number of hydrogen-bond donors (Lipinski definition) is 2. The molecule has 1 rings (SSSR count). The molecule has 0 atom stereocenters. The van der Waals surface area contributed by atoms with Crippen molar-refractivity contribution in [1.82, 2.24) is 9.97 Å². The van der Waals surface area contributed by atoms with Crippen LogP contribution in [0.2, 0.25) is 0 Å². The van der Waals surface area contributed by atoms with Gasteiger partial charge in [-0.25, -0.2) is 9.78 Å². The zero-order valence-electron chi connectivity index (χ0n) is 8.78. The minimum atomic E-state index is -1.25. The second-order valence-electron chi connectivity index (χ2n) is 3.33. The van der Waals surface area contributed by atoms with Crippen molar-refractivity contribution in [2.75, 3.05) is 0 Å². The fraction of sp³-hybridized carbons (Fsp3) is 0.500. The third kappa shape index (κ3) is 2.43. The van der Waals surface area contributed by atoms with Gasteiger partial charge in [-0.05, 0) is 12.8 Å². The van der Waals surface area contributed by atoms with Crippen molar-refractivity contribution < 1.29 is 9.90 Å². The topological polar surface area (TPSA) is 83.0 Å². The Morgan fingerprint density at radius 3 is 2.53 bits per heavy atom. The molecular weight excluding hydrogens is 196 g/mol. The molecule has 1 aromatic rings. The predicted molar refractivity (Wildman–Crippen MR) is 55.1 cm³/mol. The van der Waals surface area contributed by atoms with E-state index in [1.54, 1.807) is 0 Å². The maximum absolute atomic E-state index is 11.3. The van der Waals surface area contributed by atoms with Crippen molar-refractivity contribution in [1.29, 1.82) is 0 Å². The second kappa shape index (κ2) is 4.72. The van der Waals surface area contributed by atoms with Crippen molar-refractivity contribution in [3.05, 3.63) is 27.9 Å². The molecule has 0 spiro atoms. The average molecular weight is 210 g/mol. The van der Waals surface area contributed by atoms with Gasteiger partial charge in [0.1, 0.15) is 11.4 Å². The van der Waals surface area contributed by atoms with Crippen molar-refractivity contribution in [3.8, 4) is 0 Å². The highest BCUT2D eigenvalue weighted by Gasteiger charge is 2.13. The number of nitrogens with zero attached hydrogens (tertiary/aromatic N) is 1. The molecule has 0 fully saturated rings. The highest BCUT2D eigenvalue weighted by Crippen LogP contribution is 2.17. The Morgan fingerprint density at radius 1 is 1.53 bits per heavy atom. The fourth-order valence-electron chi connectivity index (χ4n) is 1.44. The van der Waals surface area contributed by atoms with Gasteiger partial charge in [0.05, 0.1) is 0 Å². The Hall–Kier alpha value is -1.65. The van der Waals surface area contributed by atoms with Crippen LogP contribution in [0.4, 0.5) is 0 Å². The van der Waals surface area contributed by atoms with E-state index in [0.29, 0.717) is 5.82 Å². The number of aromatic carboxylic acids is 1. The first kappa shape index (κ1) is 11.4. The Kier molecular flexibility index (Phi) is 3.60. The van der Waals surface area contributed by atoms with Crippen LogP contribution < -0.4 is 5.56 Å². The van der Waals surface area contributed by atoms with Gasteiger partial charge < -0.3 is 10.1 Å². The standard InChI is InChI=1S/C10H14N2O3/c1-3-6(4-2)8-11-5-7(10(14)15)9(13)12-8/h5-6H,3-4H2,1-2H3,(H,14,15)(H,11,12,13). The molecule has 1 aromatic heterocycles. The van der Waals surface area contributed by atoms with Gasteiger partial charge in [-0.3, -0.25) is 4.79 Å². The number of aromatic nitrogens is 2. The summed E-state index contributed by atoms with van der Waals surface area (Å²) in [4.78, 5) is 28.4. The normalized spacial score (nSPS) is 10.6. The lowest BCUT2D eigenvalue weighted by molar-refractivity contribution is 0.0694. The van der Waals surface area contributed by atoms with E-state index in [4.69, 9.17) is 5.11 Å². The number of rotatable bonds is 4. The number of aromatic amines is 1. The van der Waals surface area contributed by atoms with Crippen LogP contribution in [0.5, 0.6) is 0 Å². The van der Waals surface area contributed by atoms with Gasteiger partial charge in [0.25, 0.3) is 5.56 Å². The lowest BCUT2D eigenvalue weighted by Crippen LogP contribution is -2.21. The average Bonchev–Trinajstić information content (AvgIpc) is 2.19. The Morgan fingerprint density at radius 2 is 2.13 bits per heavy atom. The van der Waals surface area contributed by atoms with Crippen molar-refractivity contribution in [3.63, 3.8) is 0 Å². The molecule has 1 heterocycles. The molecule has 0 unspecified atom stereocenters. The van der Waals surface area contributed by atoms with Crippen LogP contribution >= 0.6 is 0 Å². The van der Waals surface area contributed by atoms with Gasteiger partial charge in [-0.1, -0.05) is 13.8 Å². The SMILES string of the molecule is CCC(CC)c1ncc(C(=O)O)c(=O)[nH]1. The van der Waals surface area contributed by atoms with Gasteiger partial charge in [0, 0.05) is 12.1 Å². The maximum atomic E-state index is 11.3. The Labute approximate surface area is 87.2 Å². The third-order valence-corrected chi connectivity index (χ3v) is 2.42. The molecule has 5 heteroatoms. The van der Waals surface area contributed by atoms with Crippen molar-refractivity contribution >= 4 is 5.97 Å². The van der Waals surface area contributed by atoms with E-state index in [9.17, 15) is 9.59 Å². The summed E-state index contributed by atoms with van der Waals surface area (Å²) in [7, 11) is 0. The van der Waals surface area contributed by atoms with Gasteiger partial charge in [0.15, 0.2) is 0 Å². The zero-order valence-corrected chi connectivity index (χ0v) is 8.78. The van der Waals surface area contributed by atoms with Crippen molar-refractivity contribution in [2.45, 2.75) is 32.6 Å². The molecule has 0 bridgehead atoms. The lowest BCUT2D eigenvalue weighted by Gasteiger charge is -2.10. The molecule has 5 nitrogen and oxygen atoms in total. The summed E-state index contributed by atoms with van der Waals surface area (Å²) < 4.78 is 0. The summed E-state index contributed by atoms with van der Waals surface area (Å²) in [5.74, 6) is -0.504. The molecule has 0 aliphatic carbocycles. The van der Waals surface area contributed by atoms with E-state index in [-0.39, 0.29) is 11.5 Å². The number of hydrogen-bond acceptors (Lipinski definition) is 3. The van der Waals surface area contributed by atoms with Crippen LogP contribution in [0.25, 0.3) is 0 Å². The first-order chi connectivity index (χ1) is 7.10. The number of H-pyrrole nitrogens is 1. The van der Waals surface area contributed by atoms with Gasteiger partial charge >= 0.3 is 5.97 Å². The molecule has 0 saturated carbocycles. The highest BCUT2D eigenvalue weighted by molar-refractivity contribution is 5.86. The Bertz CT molecular complexity index is 407. The van der Waals surface area contributed by atoms with E-state index in [0.717, 1.165) is 19.0 Å². The quantitative estimate of drug-likeness (QED) is 0.786. The molecule has 0 aliphatic rings. The molecule has 0 aliphatic heterocycles. The summed E-state index contributed by atoms with van der Waals surface area (Å²) >= 11 is 0. The maximum Gasteiger partial charge on any atom is 0.342 e. The molecule has 0 aromatic carbocycles. The number of carboxylic acids is 1. The van der Waals surface area contributed by atoms with E-state index in [1.165, 1.54) is 0 Å². The van der Waals surface area contributed by atoms with E-state index in [1.807, 2.05) is 13.8 Å². The molecule has 2 N–H and O–H groups in total. The summed E-state index contributed by atoms with van der Waals surface area (Å²) in [6, 6.07) is 0. The summed E-state index contributed by atoms with van der Waals surface area (Å²) in [5.41, 5.74) is -0.899. The molecule has 82 valence electrons. The van der Waals surface area contributed by atoms with Crippen LogP contribution in [0.1, 0.15) is 48.8 Å². The van der Waals surface area contributed by atoms with Crippen LogP contribution in [0.3, 0.4) is 0 Å². The first-order valence-electron chi connectivity index (χ1n) is 4.92. The van der Waals surface area contributed by atoms with Crippen LogP contribution in [-0.2, 0) is 0 Å².